The zero-order valence-corrected chi connectivity index (χ0v) is 23.4. The summed E-state index contributed by atoms with van der Waals surface area (Å²) in [7, 11) is 0. The lowest BCUT2D eigenvalue weighted by atomic mass is 9.97. The van der Waals surface area contributed by atoms with E-state index in [9.17, 15) is 0 Å². The second kappa shape index (κ2) is 11.0. The topological polar surface area (TPSA) is 38.7 Å². The van der Waals surface area contributed by atoms with Gasteiger partial charge in [0.25, 0.3) is 0 Å². The van der Waals surface area contributed by atoms with Crippen molar-refractivity contribution in [2.75, 3.05) is 0 Å². The SMILES string of the molecule is [2H]c1c([2H])c([2H])c2c([2H])c(-c3nc(-c4ccccc4)nc(-c4cccc(-c5ccc6cc(-c7ccccc7)ccc6c5)c4)n3)c([2H])c([2H])c2c1[2H]. The zero-order valence-electron chi connectivity index (χ0n) is 30.4. The van der Waals surface area contributed by atoms with Gasteiger partial charge in [-0.05, 0) is 68.0 Å². The second-order valence-corrected chi connectivity index (χ2v) is 10.4. The highest BCUT2D eigenvalue weighted by molar-refractivity contribution is 5.91. The molecule has 0 radical (unpaired) electrons. The van der Waals surface area contributed by atoms with Crippen LogP contribution in [0.5, 0.6) is 0 Å². The molecule has 0 saturated carbocycles. The van der Waals surface area contributed by atoms with Gasteiger partial charge in [-0.1, -0.05) is 139 Å². The quantitative estimate of drug-likeness (QED) is 0.207. The Labute approximate surface area is 266 Å². The molecule has 0 fully saturated rings. The van der Waals surface area contributed by atoms with Gasteiger partial charge in [0.1, 0.15) is 0 Å². The Morgan fingerprint density at radius 1 is 0.341 bits per heavy atom. The third-order valence-corrected chi connectivity index (χ3v) is 7.54. The Balaban J connectivity index is 1.28. The maximum Gasteiger partial charge on any atom is 0.164 e. The largest absolute Gasteiger partial charge is 0.208 e. The zero-order chi connectivity index (χ0) is 35.4. The molecule has 0 aliphatic rings. The van der Waals surface area contributed by atoms with E-state index in [2.05, 4.69) is 53.5 Å². The molecular weight excluding hydrogens is 534 g/mol. The molecule has 0 atom stereocenters. The van der Waals surface area contributed by atoms with Crippen LogP contribution in [-0.4, -0.2) is 15.0 Å². The molecular formula is C41H27N3. The van der Waals surface area contributed by atoms with Crippen LogP contribution < -0.4 is 0 Å². The Bertz CT molecular complexity index is 2670. The molecule has 7 aromatic carbocycles. The van der Waals surface area contributed by atoms with Gasteiger partial charge in [0, 0.05) is 16.7 Å². The van der Waals surface area contributed by atoms with E-state index in [1.165, 1.54) is 0 Å². The van der Waals surface area contributed by atoms with Crippen LogP contribution in [0, 0.1) is 0 Å². The molecule has 0 saturated heterocycles. The molecule has 0 spiro atoms. The fourth-order valence-corrected chi connectivity index (χ4v) is 5.30. The Hall–Kier alpha value is -5.93. The van der Waals surface area contributed by atoms with Gasteiger partial charge in [-0.2, -0.15) is 0 Å². The van der Waals surface area contributed by atoms with Crippen molar-refractivity contribution in [3.05, 3.63) is 164 Å². The minimum atomic E-state index is -0.524. The summed E-state index contributed by atoms with van der Waals surface area (Å²) in [6.07, 6.45) is 0. The van der Waals surface area contributed by atoms with Crippen LogP contribution in [0.2, 0.25) is 0 Å². The van der Waals surface area contributed by atoms with Gasteiger partial charge in [-0.25, -0.2) is 15.0 Å². The second-order valence-electron chi connectivity index (χ2n) is 10.4. The third kappa shape index (κ3) is 5.01. The summed E-state index contributed by atoms with van der Waals surface area (Å²) in [5, 5.41) is 1.88. The maximum absolute atomic E-state index is 9.09. The van der Waals surface area contributed by atoms with Gasteiger partial charge in [0.2, 0.25) is 0 Å². The lowest BCUT2D eigenvalue weighted by Crippen LogP contribution is -2.00. The average molecular weight is 569 g/mol. The van der Waals surface area contributed by atoms with E-state index in [-0.39, 0.29) is 34.0 Å². The summed E-state index contributed by atoms with van der Waals surface area (Å²) in [5.74, 6) is 0.540. The van der Waals surface area contributed by atoms with Crippen molar-refractivity contribution in [1.29, 1.82) is 0 Å². The van der Waals surface area contributed by atoms with E-state index in [1.807, 2.05) is 72.8 Å². The van der Waals surface area contributed by atoms with E-state index in [0.717, 1.165) is 33.0 Å². The molecule has 8 aromatic rings. The first-order valence-electron chi connectivity index (χ1n) is 17.7. The predicted octanol–water partition coefficient (Wildman–Crippen LogP) is 10.5. The van der Waals surface area contributed by atoms with Crippen molar-refractivity contribution in [2.45, 2.75) is 0 Å². The van der Waals surface area contributed by atoms with Crippen LogP contribution in [0.1, 0.15) is 9.60 Å². The number of nitrogens with zero attached hydrogens (tertiary/aromatic N) is 3. The van der Waals surface area contributed by atoms with Gasteiger partial charge in [-0.3, -0.25) is 0 Å². The van der Waals surface area contributed by atoms with Gasteiger partial charge in [0.05, 0.1) is 9.60 Å². The molecule has 0 bridgehead atoms. The minimum absolute atomic E-state index is 0.0398. The van der Waals surface area contributed by atoms with E-state index in [4.69, 9.17) is 19.6 Å². The first-order chi connectivity index (χ1) is 24.7. The molecule has 1 heterocycles. The average Bonchev–Trinajstić information content (AvgIpc) is 3.18. The summed E-state index contributed by atoms with van der Waals surface area (Å²) in [4.78, 5) is 14.2. The number of benzene rings is 7. The van der Waals surface area contributed by atoms with Crippen LogP contribution in [0.25, 0.3) is 78.0 Å². The minimum Gasteiger partial charge on any atom is -0.208 e. The molecule has 0 amide bonds. The molecule has 8 rings (SSSR count). The molecule has 0 N–H and O–H groups in total. The fraction of sp³-hybridized carbons (Fsp3) is 0. The van der Waals surface area contributed by atoms with Crippen molar-refractivity contribution >= 4 is 21.5 Å². The lowest BCUT2D eigenvalue weighted by molar-refractivity contribution is 1.07. The number of hydrogen-bond acceptors (Lipinski definition) is 3. The van der Waals surface area contributed by atoms with Gasteiger partial charge < -0.3 is 0 Å². The highest BCUT2D eigenvalue weighted by Crippen LogP contribution is 2.32. The third-order valence-electron chi connectivity index (χ3n) is 7.54. The highest BCUT2D eigenvalue weighted by atomic mass is 15.0. The standard InChI is InChI=1S/C41H27N3/c1-3-10-28(11-4-1)33-19-20-36-25-34(21-22-35(36)24-33)32-16-9-17-37(27-32)40-42-39(30-13-5-2-6-14-30)43-41(44-40)38-23-18-29-12-7-8-15-31(29)26-38/h1-27H/i7D,8D,12D,15D,18D,23D,26D. The number of fused-ring (bicyclic) bond motifs is 2. The van der Waals surface area contributed by atoms with Crippen LogP contribution >= 0.6 is 0 Å². The first kappa shape index (κ1) is 19.3. The van der Waals surface area contributed by atoms with Crippen molar-refractivity contribution in [1.82, 2.24) is 15.0 Å². The molecule has 44 heavy (non-hydrogen) atoms. The highest BCUT2D eigenvalue weighted by Gasteiger charge is 2.13. The van der Waals surface area contributed by atoms with Crippen molar-refractivity contribution in [3.8, 4) is 56.4 Å². The Kier molecular flexibility index (Phi) is 4.85. The van der Waals surface area contributed by atoms with Gasteiger partial charge >= 0.3 is 0 Å². The number of hydrogen-bond donors (Lipinski definition) is 0. The Morgan fingerprint density at radius 2 is 0.864 bits per heavy atom. The molecule has 3 heteroatoms. The lowest BCUT2D eigenvalue weighted by Gasteiger charge is -2.11. The predicted molar refractivity (Wildman–Crippen MR) is 182 cm³/mol. The van der Waals surface area contributed by atoms with Crippen molar-refractivity contribution in [3.63, 3.8) is 0 Å². The molecule has 0 unspecified atom stereocenters. The van der Waals surface area contributed by atoms with Gasteiger partial charge in [0.15, 0.2) is 17.5 Å². The fourth-order valence-electron chi connectivity index (χ4n) is 5.30. The van der Waals surface area contributed by atoms with E-state index >= 15 is 0 Å². The summed E-state index contributed by atoms with van der Waals surface area (Å²) >= 11 is 0. The van der Waals surface area contributed by atoms with E-state index in [0.29, 0.717) is 17.0 Å². The van der Waals surface area contributed by atoms with Crippen LogP contribution in [0.3, 0.4) is 0 Å². The molecule has 0 aliphatic carbocycles. The summed E-state index contributed by atoms with van der Waals surface area (Å²) in [5.41, 5.74) is 5.47. The number of rotatable bonds is 5. The molecule has 1 aromatic heterocycles. The van der Waals surface area contributed by atoms with Crippen LogP contribution in [-0.2, 0) is 0 Å². The number of aromatic nitrogens is 3. The first-order valence-corrected chi connectivity index (χ1v) is 14.2. The van der Waals surface area contributed by atoms with Crippen molar-refractivity contribution < 1.29 is 9.60 Å². The van der Waals surface area contributed by atoms with Crippen molar-refractivity contribution in [2.24, 2.45) is 0 Å². The molecule has 206 valence electrons. The molecule has 0 aliphatic heterocycles. The van der Waals surface area contributed by atoms with Gasteiger partial charge in [-0.15, -0.1) is 0 Å². The normalized spacial score (nSPS) is 13.4. The monoisotopic (exact) mass is 568 g/mol. The van der Waals surface area contributed by atoms with E-state index in [1.54, 1.807) is 0 Å². The Morgan fingerprint density at radius 3 is 1.57 bits per heavy atom. The van der Waals surface area contributed by atoms with E-state index < -0.39 is 36.3 Å². The van der Waals surface area contributed by atoms with Crippen LogP contribution in [0.15, 0.2) is 164 Å². The summed E-state index contributed by atoms with van der Waals surface area (Å²) < 4.78 is 60.0. The van der Waals surface area contributed by atoms with Crippen LogP contribution in [0.4, 0.5) is 0 Å². The smallest absolute Gasteiger partial charge is 0.164 e. The summed E-state index contributed by atoms with van der Waals surface area (Å²) in [6.45, 7) is 0. The molecule has 3 nitrogen and oxygen atoms in total. The summed E-state index contributed by atoms with van der Waals surface area (Å²) in [6, 6.07) is 36.9. The maximum atomic E-state index is 9.09.